The minimum Gasteiger partial charge on any atom is -0.216 e. The first-order chi connectivity index (χ1) is 7.37. The summed E-state index contributed by atoms with van der Waals surface area (Å²) in [5, 5.41) is 4.91. The highest BCUT2D eigenvalue weighted by Crippen LogP contribution is 2.32. The molecule has 0 bridgehead atoms. The molecule has 0 radical (unpaired) electrons. The molecule has 0 amide bonds. The van der Waals surface area contributed by atoms with Crippen LogP contribution in [0, 0.1) is 17.8 Å². The summed E-state index contributed by atoms with van der Waals surface area (Å²) in [4.78, 5) is 0. The van der Waals surface area contributed by atoms with Gasteiger partial charge in [0.25, 0.3) is 10.2 Å². The van der Waals surface area contributed by atoms with Gasteiger partial charge in [0.15, 0.2) is 0 Å². The number of hydrogen-bond donors (Lipinski definition) is 2. The van der Waals surface area contributed by atoms with E-state index in [1.807, 2.05) is 0 Å². The van der Waals surface area contributed by atoms with Crippen molar-refractivity contribution in [1.82, 2.24) is 4.72 Å². The molecular formula is C11H24N2O2S. The fourth-order valence-corrected chi connectivity index (χ4v) is 3.04. The van der Waals surface area contributed by atoms with Crippen molar-refractivity contribution in [2.45, 2.75) is 46.0 Å². The second-order valence-electron chi connectivity index (χ2n) is 5.41. The number of rotatable bonds is 5. The molecule has 5 heteroatoms. The van der Waals surface area contributed by atoms with Crippen LogP contribution >= 0.6 is 0 Å². The van der Waals surface area contributed by atoms with Gasteiger partial charge in [-0.1, -0.05) is 26.7 Å². The maximum Gasteiger partial charge on any atom is 0.274 e. The highest BCUT2D eigenvalue weighted by Gasteiger charge is 2.22. The minimum absolute atomic E-state index is 0.474. The van der Waals surface area contributed by atoms with Gasteiger partial charge in [0.2, 0.25) is 0 Å². The summed E-state index contributed by atoms with van der Waals surface area (Å²) in [7, 11) is -3.51. The van der Waals surface area contributed by atoms with Crippen molar-refractivity contribution in [3.05, 3.63) is 0 Å². The molecular weight excluding hydrogens is 224 g/mol. The first kappa shape index (κ1) is 13.9. The summed E-state index contributed by atoms with van der Waals surface area (Å²) in [6.45, 7) is 5.02. The molecule has 1 fully saturated rings. The smallest absolute Gasteiger partial charge is 0.216 e. The Morgan fingerprint density at radius 3 is 2.12 bits per heavy atom. The molecule has 0 unspecified atom stereocenters. The van der Waals surface area contributed by atoms with Crippen molar-refractivity contribution < 1.29 is 8.42 Å². The largest absolute Gasteiger partial charge is 0.274 e. The Morgan fingerprint density at radius 1 is 1.19 bits per heavy atom. The Morgan fingerprint density at radius 2 is 1.69 bits per heavy atom. The van der Waals surface area contributed by atoms with Gasteiger partial charge in [-0.15, -0.1) is 0 Å². The third-order valence-corrected chi connectivity index (χ3v) is 3.91. The molecule has 3 N–H and O–H groups in total. The minimum atomic E-state index is -3.51. The van der Waals surface area contributed by atoms with Crippen molar-refractivity contribution >= 4 is 10.2 Å². The van der Waals surface area contributed by atoms with E-state index in [9.17, 15) is 8.42 Å². The van der Waals surface area contributed by atoms with E-state index in [1.165, 1.54) is 19.3 Å². The van der Waals surface area contributed by atoms with Gasteiger partial charge in [-0.2, -0.15) is 8.42 Å². The van der Waals surface area contributed by atoms with Gasteiger partial charge < -0.3 is 0 Å². The lowest BCUT2D eigenvalue weighted by Gasteiger charge is -2.29. The first-order valence-electron chi connectivity index (χ1n) is 6.14. The Labute approximate surface area is 99.2 Å². The van der Waals surface area contributed by atoms with Crippen molar-refractivity contribution in [3.8, 4) is 0 Å². The van der Waals surface area contributed by atoms with E-state index in [0.717, 1.165) is 24.7 Å². The summed E-state index contributed by atoms with van der Waals surface area (Å²) in [6.07, 6.45) is 6.01. The topological polar surface area (TPSA) is 72.2 Å². The van der Waals surface area contributed by atoms with Crippen LogP contribution in [-0.2, 0) is 10.2 Å². The molecule has 4 nitrogen and oxygen atoms in total. The summed E-state index contributed by atoms with van der Waals surface area (Å²) in [5.41, 5.74) is 0. The fraction of sp³-hybridized carbons (Fsp3) is 1.00. The van der Waals surface area contributed by atoms with Crippen LogP contribution in [0.4, 0.5) is 0 Å². The van der Waals surface area contributed by atoms with Gasteiger partial charge in [-0.3, -0.25) is 0 Å². The lowest BCUT2D eigenvalue weighted by molar-refractivity contribution is 0.245. The predicted octanol–water partition coefficient (Wildman–Crippen LogP) is 1.63. The molecule has 0 aromatic rings. The average molecular weight is 248 g/mol. The van der Waals surface area contributed by atoms with Crippen LogP contribution in [0.3, 0.4) is 0 Å². The number of nitrogens with two attached hydrogens (primary N) is 1. The summed E-state index contributed by atoms with van der Waals surface area (Å²) in [5.74, 6) is 2.08. The Hall–Kier alpha value is -0.130. The normalized spacial score (nSPS) is 27.2. The van der Waals surface area contributed by atoms with E-state index in [4.69, 9.17) is 5.14 Å². The van der Waals surface area contributed by atoms with Gasteiger partial charge in [0, 0.05) is 6.54 Å². The SMILES string of the molecule is CC(C)C[C@H]1CC[C@@H](CNS(N)(=O)=O)CC1. The van der Waals surface area contributed by atoms with Crippen molar-refractivity contribution in [2.75, 3.05) is 6.54 Å². The van der Waals surface area contributed by atoms with Crippen LogP contribution in [0.2, 0.25) is 0 Å². The van der Waals surface area contributed by atoms with Crippen molar-refractivity contribution in [3.63, 3.8) is 0 Å². The molecule has 1 aliphatic rings. The van der Waals surface area contributed by atoms with Crippen LogP contribution in [-0.4, -0.2) is 15.0 Å². The zero-order chi connectivity index (χ0) is 12.2. The monoisotopic (exact) mass is 248 g/mol. The zero-order valence-corrected chi connectivity index (χ0v) is 11.1. The average Bonchev–Trinajstić information content (AvgIpc) is 2.14. The van der Waals surface area contributed by atoms with Crippen LogP contribution in [0.25, 0.3) is 0 Å². The highest BCUT2D eigenvalue weighted by molar-refractivity contribution is 7.87. The van der Waals surface area contributed by atoms with Crippen LogP contribution in [0.15, 0.2) is 0 Å². The summed E-state index contributed by atoms with van der Waals surface area (Å²) < 4.78 is 23.9. The standard InChI is InChI=1S/C11H24N2O2S/c1-9(2)7-10-3-5-11(6-4-10)8-13-16(12,14)15/h9-11,13H,3-8H2,1-2H3,(H2,12,14,15)/t10-,11+. The molecule has 0 spiro atoms. The van der Waals surface area contributed by atoms with E-state index in [0.29, 0.717) is 12.5 Å². The predicted molar refractivity (Wildman–Crippen MR) is 66.0 cm³/mol. The Kier molecular flexibility index (Phi) is 5.21. The van der Waals surface area contributed by atoms with E-state index >= 15 is 0 Å². The van der Waals surface area contributed by atoms with Crippen LogP contribution < -0.4 is 9.86 Å². The lowest BCUT2D eigenvalue weighted by atomic mass is 9.78. The second-order valence-corrected chi connectivity index (χ2v) is 6.79. The third kappa shape index (κ3) is 5.82. The molecule has 16 heavy (non-hydrogen) atoms. The third-order valence-electron chi connectivity index (χ3n) is 3.34. The van der Waals surface area contributed by atoms with Gasteiger partial charge in [-0.05, 0) is 37.0 Å². The highest BCUT2D eigenvalue weighted by atomic mass is 32.2. The van der Waals surface area contributed by atoms with E-state index in [1.54, 1.807) is 0 Å². The quantitative estimate of drug-likeness (QED) is 0.776. The molecule has 96 valence electrons. The zero-order valence-electron chi connectivity index (χ0n) is 10.3. The van der Waals surface area contributed by atoms with Gasteiger partial charge in [0.1, 0.15) is 0 Å². The van der Waals surface area contributed by atoms with Gasteiger partial charge in [0.05, 0.1) is 0 Å². The van der Waals surface area contributed by atoms with Crippen molar-refractivity contribution in [1.29, 1.82) is 0 Å². The van der Waals surface area contributed by atoms with E-state index in [2.05, 4.69) is 18.6 Å². The Balaban J connectivity index is 2.22. The summed E-state index contributed by atoms with van der Waals surface area (Å²) >= 11 is 0. The summed E-state index contributed by atoms with van der Waals surface area (Å²) in [6, 6.07) is 0. The first-order valence-corrected chi connectivity index (χ1v) is 7.69. The van der Waals surface area contributed by atoms with Gasteiger partial charge in [-0.25, -0.2) is 9.86 Å². The molecule has 0 atom stereocenters. The molecule has 0 heterocycles. The van der Waals surface area contributed by atoms with E-state index in [-0.39, 0.29) is 0 Å². The maximum atomic E-state index is 10.8. The molecule has 1 saturated carbocycles. The molecule has 0 aromatic carbocycles. The molecule has 1 aliphatic carbocycles. The number of hydrogen-bond acceptors (Lipinski definition) is 2. The fourth-order valence-electron chi connectivity index (χ4n) is 2.57. The van der Waals surface area contributed by atoms with Crippen LogP contribution in [0.1, 0.15) is 46.0 Å². The molecule has 0 aromatic heterocycles. The lowest BCUT2D eigenvalue weighted by Crippen LogP contribution is -2.35. The molecule has 0 saturated heterocycles. The molecule has 1 rings (SSSR count). The Bertz CT molecular complexity index is 293. The van der Waals surface area contributed by atoms with Crippen molar-refractivity contribution in [2.24, 2.45) is 22.9 Å². The van der Waals surface area contributed by atoms with Gasteiger partial charge >= 0.3 is 0 Å². The molecule has 0 aliphatic heterocycles. The van der Waals surface area contributed by atoms with Crippen LogP contribution in [0.5, 0.6) is 0 Å². The van der Waals surface area contributed by atoms with E-state index < -0.39 is 10.2 Å². The number of nitrogens with one attached hydrogen (secondary N) is 1. The second kappa shape index (κ2) is 5.98. The maximum absolute atomic E-state index is 10.8.